The Labute approximate surface area is 411 Å². The third kappa shape index (κ3) is 21.4. The Morgan fingerprint density at radius 2 is 0.929 bits per heavy atom. The highest BCUT2D eigenvalue weighted by atomic mass is 32.2. The lowest BCUT2D eigenvalue weighted by Crippen LogP contribution is -2.22. The van der Waals surface area contributed by atoms with Crippen LogP contribution in [0.15, 0.2) is 150 Å². The van der Waals surface area contributed by atoms with Crippen LogP contribution in [-0.2, 0) is 60.1 Å². The van der Waals surface area contributed by atoms with E-state index in [4.69, 9.17) is 15.0 Å². The van der Waals surface area contributed by atoms with Gasteiger partial charge in [-0.3, -0.25) is 13.2 Å². The second-order valence-electron chi connectivity index (χ2n) is 13.4. The van der Waals surface area contributed by atoms with Crippen LogP contribution < -0.4 is 0 Å². The van der Waals surface area contributed by atoms with E-state index in [1.54, 1.807) is 79.1 Å². The van der Waals surface area contributed by atoms with Crippen LogP contribution in [0.25, 0.3) is 0 Å². The van der Waals surface area contributed by atoms with Gasteiger partial charge in [0.25, 0.3) is 0 Å². The minimum atomic E-state index is -5.20. The van der Waals surface area contributed by atoms with Crippen LogP contribution in [0.2, 0.25) is 0 Å². The molecule has 0 aliphatic rings. The maximum atomic E-state index is 12.1. The number of aromatic carboxylic acids is 2. The highest BCUT2D eigenvalue weighted by molar-refractivity contribution is 7.98. The van der Waals surface area contributed by atoms with E-state index in [-0.39, 0.29) is 16.0 Å². The molecule has 3 N–H and O–H groups in total. The fourth-order valence-electron chi connectivity index (χ4n) is 4.71. The summed E-state index contributed by atoms with van der Waals surface area (Å²) in [5, 5.41) is 17.2. The summed E-state index contributed by atoms with van der Waals surface area (Å²) in [6.07, 6.45) is 1.99. The minimum Gasteiger partial charge on any atom is -0.478 e. The molecule has 25 heteroatoms. The number of methoxy groups -OCH3 is 3. The number of thioether (sulfide) groups is 1. The molecule has 0 fully saturated rings. The van der Waals surface area contributed by atoms with Crippen LogP contribution in [0, 0.1) is 4.78 Å². The molecule has 0 bridgehead atoms. The normalized spacial score (nSPS) is 12.8. The molecule has 17 nitrogen and oxygen atoms in total. The summed E-state index contributed by atoms with van der Waals surface area (Å²) in [4.78, 5) is 67.5. The van der Waals surface area contributed by atoms with Crippen LogP contribution in [0.3, 0.4) is 0 Å². The summed E-state index contributed by atoms with van der Waals surface area (Å²) < 4.78 is 105. The first-order chi connectivity index (χ1) is 32.5. The second-order valence-corrected chi connectivity index (χ2v) is 21.4. The smallest absolute Gasteiger partial charge is 0.474 e. The number of carboxylic acid groups (broad SMARTS) is 2. The molecular formula is C45H47F3N2O15S5. The molecular weight excluding hydrogens is 1030 g/mol. The molecule has 70 heavy (non-hydrogen) atoms. The number of carbonyl (C=O) groups excluding carboxylic acids is 4. The number of nitrogens with zero attached hydrogens (tertiary/aromatic N) is 1. The van der Waals surface area contributed by atoms with E-state index >= 15 is 0 Å². The van der Waals surface area contributed by atoms with Gasteiger partial charge >= 0.3 is 41.9 Å². The summed E-state index contributed by atoms with van der Waals surface area (Å²) in [5.74, 6) is -5.95. The van der Waals surface area contributed by atoms with E-state index in [9.17, 15) is 58.8 Å². The fourth-order valence-corrected chi connectivity index (χ4v) is 8.18. The Morgan fingerprint density at radius 1 is 0.586 bits per heavy atom. The number of rotatable bonds is 10. The monoisotopic (exact) mass is 1070 g/mol. The van der Waals surface area contributed by atoms with E-state index in [0.717, 1.165) is 24.3 Å². The van der Waals surface area contributed by atoms with E-state index < -0.39 is 83.0 Å². The van der Waals surface area contributed by atoms with Gasteiger partial charge in [0.15, 0.2) is 0 Å². The predicted octanol–water partition coefficient (Wildman–Crippen LogP) is 7.97. The van der Waals surface area contributed by atoms with Crippen molar-refractivity contribution < 1.29 is 83.2 Å². The summed E-state index contributed by atoms with van der Waals surface area (Å²) in [6.45, 7) is 0. The Hall–Kier alpha value is -6.54. The maximum absolute atomic E-state index is 12.1. The summed E-state index contributed by atoms with van der Waals surface area (Å²) in [7, 11) is -4.85. The standard InChI is InChI=1S/C11H10F3NO4S.C9H11NO3S.C9H10O3S.C8H8O3S.C8H8O2S/c1-19-9(16)7-4-3-5-8(6-7)20(2,18)15-10(17)11(12,13)14;1-13-9(11)7-4-3-5-8(6-7)14(2,10)12;1-12-9(10)7-4-3-5-8(6-7)13(2)11;1-12(11)7-4-2-3-6(5-7)8(9)10;1-11-7-4-2-3-6(5-7)8(9)10/h3-6H,1-2H3;3-6,10H,1-2H3;3-6H,1-2H3;2-5H,1H3,(H,9,10);2-5H,1H3,(H,9,10). The lowest BCUT2D eigenvalue weighted by Gasteiger charge is -2.07. The summed E-state index contributed by atoms with van der Waals surface area (Å²) in [6, 6.07) is 30.6. The van der Waals surface area contributed by atoms with E-state index in [0.29, 0.717) is 31.4 Å². The maximum Gasteiger partial charge on any atom is 0.474 e. The molecule has 1 amide bonds. The average Bonchev–Trinajstić information content (AvgIpc) is 3.33. The summed E-state index contributed by atoms with van der Waals surface area (Å²) in [5.41, 5.74) is 1.25. The van der Waals surface area contributed by atoms with Gasteiger partial charge < -0.3 is 24.4 Å². The van der Waals surface area contributed by atoms with Crippen LogP contribution >= 0.6 is 11.8 Å². The topological polar surface area (TPSA) is 275 Å². The molecule has 0 aliphatic heterocycles. The molecule has 5 aromatic rings. The number of carbonyl (C=O) groups is 6. The number of esters is 3. The number of nitrogens with one attached hydrogen (secondary N) is 1. The van der Waals surface area contributed by atoms with E-state index in [1.165, 1.54) is 74.9 Å². The van der Waals surface area contributed by atoms with Crippen molar-refractivity contribution in [3.05, 3.63) is 149 Å². The van der Waals surface area contributed by atoms with Gasteiger partial charge in [-0.25, -0.2) is 37.2 Å². The van der Waals surface area contributed by atoms with Gasteiger partial charge in [-0.05, 0) is 97.3 Å². The molecule has 0 aromatic heterocycles. The van der Waals surface area contributed by atoms with Crippen molar-refractivity contribution in [1.82, 2.24) is 0 Å². The number of alkyl halides is 3. The number of carboxylic acids is 2. The molecule has 0 saturated carbocycles. The number of amides is 1. The third-order valence-electron chi connectivity index (χ3n) is 8.21. The molecule has 5 rings (SSSR count). The van der Waals surface area contributed by atoms with E-state index in [2.05, 4.69) is 18.6 Å². The molecule has 4 atom stereocenters. The van der Waals surface area contributed by atoms with Crippen molar-refractivity contribution in [1.29, 1.82) is 4.78 Å². The van der Waals surface area contributed by atoms with Gasteiger partial charge in [0.1, 0.15) is 0 Å². The number of halogens is 3. The van der Waals surface area contributed by atoms with Gasteiger partial charge in [0.05, 0.1) is 68.6 Å². The largest absolute Gasteiger partial charge is 0.478 e. The zero-order valence-electron chi connectivity index (χ0n) is 38.4. The van der Waals surface area contributed by atoms with E-state index in [1.807, 2.05) is 12.3 Å². The highest BCUT2D eigenvalue weighted by Crippen LogP contribution is 2.21. The van der Waals surface area contributed by atoms with Crippen molar-refractivity contribution in [2.45, 2.75) is 30.7 Å². The van der Waals surface area contributed by atoms with Crippen molar-refractivity contribution >= 4 is 88.6 Å². The highest BCUT2D eigenvalue weighted by Gasteiger charge is 2.39. The van der Waals surface area contributed by atoms with Crippen molar-refractivity contribution in [3.63, 3.8) is 0 Å². The number of hydrogen-bond acceptors (Lipinski definition) is 15. The predicted molar refractivity (Wildman–Crippen MR) is 257 cm³/mol. The van der Waals surface area contributed by atoms with Gasteiger partial charge in [0, 0.05) is 71.1 Å². The Balaban J connectivity index is 0.000000445. The molecule has 4 unspecified atom stereocenters. The molecule has 0 spiro atoms. The molecule has 0 saturated heterocycles. The Kier molecular flexibility index (Phi) is 25.3. The van der Waals surface area contributed by atoms with Crippen molar-refractivity contribution in [3.8, 4) is 0 Å². The van der Waals surface area contributed by atoms with Crippen LogP contribution in [-0.4, -0.2) is 122 Å². The SMILES string of the molecule is COC(=O)c1cccc(S(C)(=N)=O)c1.COC(=O)c1cccc(S(C)(=O)=NC(=O)C(F)(F)F)c1.COC(=O)c1cccc(S(C)=O)c1.CS(=O)c1cccc(C(=O)O)c1.CSc1cccc(C(=O)O)c1. The van der Waals surface area contributed by atoms with Crippen LogP contribution in [0.4, 0.5) is 13.2 Å². The lowest BCUT2D eigenvalue weighted by atomic mass is 10.2. The Bertz CT molecular complexity index is 2940. The zero-order chi connectivity index (χ0) is 53.6. The van der Waals surface area contributed by atoms with Crippen LogP contribution in [0.1, 0.15) is 51.8 Å². The van der Waals surface area contributed by atoms with Gasteiger partial charge in [-0.2, -0.15) is 13.2 Å². The first-order valence-electron chi connectivity index (χ1n) is 19.0. The summed E-state index contributed by atoms with van der Waals surface area (Å²) >= 11 is 1.54. The molecule has 0 aliphatic carbocycles. The number of benzene rings is 5. The van der Waals surface area contributed by atoms with Crippen molar-refractivity contribution in [2.24, 2.45) is 4.36 Å². The fraction of sp³-hybridized carbons (Fsp3) is 0.200. The second kappa shape index (κ2) is 28.8. The Morgan fingerprint density at radius 3 is 1.30 bits per heavy atom. The zero-order valence-corrected chi connectivity index (χ0v) is 42.5. The minimum absolute atomic E-state index is 0.00534. The lowest BCUT2D eigenvalue weighted by molar-refractivity contribution is -0.169. The molecule has 5 aromatic carbocycles. The number of ether oxygens (including phenoxy) is 3. The average molecular weight is 1070 g/mol. The molecule has 0 radical (unpaired) electrons. The molecule has 0 heterocycles. The van der Waals surface area contributed by atoms with Crippen LogP contribution in [0.5, 0.6) is 0 Å². The quantitative estimate of drug-likeness (QED) is 0.0679. The van der Waals surface area contributed by atoms with Gasteiger partial charge in [0.2, 0.25) is 0 Å². The number of hydrogen-bond donors (Lipinski definition) is 3. The van der Waals surface area contributed by atoms with Crippen molar-refractivity contribution in [2.75, 3.05) is 52.6 Å². The molecule has 378 valence electrons. The first-order valence-corrected chi connectivity index (χ1v) is 27.3. The first kappa shape index (κ1) is 61.5. The van der Waals surface area contributed by atoms with Gasteiger partial charge in [-0.15, -0.1) is 16.1 Å². The third-order valence-corrected chi connectivity index (χ3v) is 13.6. The van der Waals surface area contributed by atoms with Gasteiger partial charge in [-0.1, -0.05) is 30.3 Å².